The first kappa shape index (κ1) is 11.8. The van der Waals surface area contributed by atoms with Gasteiger partial charge in [0.2, 0.25) is 0 Å². The largest absolute Gasteiger partial charge is 0.516 e. The first-order valence-electron chi connectivity index (χ1n) is 2.34. The maximum absolute atomic E-state index is 9.99. The van der Waals surface area contributed by atoms with Gasteiger partial charge >= 0.3 is 5.97 Å². The van der Waals surface area contributed by atoms with Crippen molar-refractivity contribution in [2.24, 2.45) is 0 Å². The van der Waals surface area contributed by atoms with Crippen molar-refractivity contribution in [2.75, 3.05) is 5.88 Å². The molecule has 10 heavy (non-hydrogen) atoms. The maximum Gasteiger partial charge on any atom is 0.325 e. The minimum absolute atomic E-state index is 0.119. The molecule has 0 aromatic rings. The van der Waals surface area contributed by atoms with Gasteiger partial charge in [-0.25, -0.2) is 0 Å². The lowest BCUT2D eigenvalue weighted by molar-refractivity contribution is -0.135. The minimum Gasteiger partial charge on any atom is -0.516 e. The van der Waals surface area contributed by atoms with Crippen molar-refractivity contribution in [2.45, 2.75) is 0 Å². The number of aliphatic hydroxyl groups excluding tert-OH is 1. The zero-order valence-electron chi connectivity index (χ0n) is 5.42. The van der Waals surface area contributed by atoms with E-state index >= 15 is 0 Å². The second-order valence-electron chi connectivity index (χ2n) is 0.973. The van der Waals surface area contributed by atoms with E-state index in [1.54, 1.807) is 0 Å². The molecule has 0 unspecified atom stereocenters. The zero-order chi connectivity index (χ0) is 8.41. The van der Waals surface area contributed by atoms with E-state index in [0.29, 0.717) is 0 Å². The molecule has 0 amide bonds. The quantitative estimate of drug-likeness (QED) is 0.383. The van der Waals surface area contributed by atoms with Crippen molar-refractivity contribution in [3.63, 3.8) is 0 Å². The van der Waals surface area contributed by atoms with Crippen LogP contribution in [0.5, 0.6) is 0 Å². The molecule has 0 aromatic heterocycles. The van der Waals surface area contributed by atoms with E-state index in [-0.39, 0.29) is 5.88 Å². The molecule has 0 spiro atoms. The van der Waals surface area contributed by atoms with Crippen LogP contribution in [-0.4, -0.2) is 17.0 Å². The highest BCUT2D eigenvalue weighted by Crippen LogP contribution is 1.80. The van der Waals surface area contributed by atoms with Crippen LogP contribution < -0.4 is 0 Å². The topological polar surface area (TPSA) is 46.5 Å². The van der Waals surface area contributed by atoms with Crippen LogP contribution >= 0.6 is 11.6 Å². The summed E-state index contributed by atoms with van der Waals surface area (Å²) in [7, 11) is 0. The molecule has 0 atom stereocenters. The fourth-order valence-electron chi connectivity index (χ4n) is 0.124. The maximum atomic E-state index is 9.99. The number of aliphatic hydroxyl groups is 1. The number of hydrogen-bond acceptors (Lipinski definition) is 3. The number of esters is 1. The van der Waals surface area contributed by atoms with E-state index in [0.717, 1.165) is 12.5 Å². The molecule has 1 N–H and O–H groups in total. The average Bonchev–Trinajstić information content (AvgIpc) is 1.90. The molecule has 0 bridgehead atoms. The molecule has 0 saturated carbocycles. The molecule has 0 fully saturated rings. The van der Waals surface area contributed by atoms with Crippen molar-refractivity contribution in [1.29, 1.82) is 0 Å². The van der Waals surface area contributed by atoms with Crippen molar-refractivity contribution in [1.82, 2.24) is 0 Å². The second kappa shape index (κ2) is 10.9. The Labute approximate surface area is 64.6 Å². The Bertz CT molecular complexity index is 112. The van der Waals surface area contributed by atoms with Gasteiger partial charge < -0.3 is 9.84 Å². The summed E-state index contributed by atoms with van der Waals surface area (Å²) in [5.74, 6) is -0.594. The van der Waals surface area contributed by atoms with Gasteiger partial charge in [0.05, 0.1) is 12.5 Å². The zero-order valence-corrected chi connectivity index (χ0v) is 6.17. The third kappa shape index (κ3) is 15.7. The smallest absolute Gasteiger partial charge is 0.325 e. The first-order valence-corrected chi connectivity index (χ1v) is 2.87. The molecule has 0 radical (unpaired) electrons. The average molecular weight is 165 g/mol. The Kier molecular flexibility index (Phi) is 12.9. The summed E-state index contributed by atoms with van der Waals surface area (Å²) >= 11 is 5.01. The van der Waals surface area contributed by atoms with E-state index < -0.39 is 5.97 Å². The summed E-state index contributed by atoms with van der Waals surface area (Å²) in [5.41, 5.74) is 0. The fraction of sp³-hybridized carbons (Fsp3) is 0.167. The van der Waals surface area contributed by atoms with Gasteiger partial charge in [0.25, 0.3) is 0 Å². The second-order valence-corrected chi connectivity index (χ2v) is 1.24. The molecular formula is C6H9ClO3. The van der Waals surface area contributed by atoms with Gasteiger partial charge in [-0.1, -0.05) is 13.2 Å². The fourth-order valence-corrected chi connectivity index (χ4v) is 0.187. The molecule has 0 aliphatic heterocycles. The van der Waals surface area contributed by atoms with Gasteiger partial charge in [-0.15, -0.1) is 11.6 Å². The van der Waals surface area contributed by atoms with Crippen LogP contribution in [0.1, 0.15) is 0 Å². The highest BCUT2D eigenvalue weighted by atomic mass is 35.5. The number of hydrogen-bond donors (Lipinski definition) is 1. The predicted molar refractivity (Wildman–Crippen MR) is 39.8 cm³/mol. The number of alkyl halides is 1. The SMILES string of the molecule is C=CO.C=COC(=O)CCl. The third-order valence-corrected chi connectivity index (χ3v) is 0.542. The normalized spacial score (nSPS) is 6.50. The van der Waals surface area contributed by atoms with Crippen molar-refractivity contribution >= 4 is 17.6 Å². The van der Waals surface area contributed by atoms with E-state index in [2.05, 4.69) is 17.9 Å². The molecule has 0 saturated heterocycles. The Morgan fingerprint density at radius 1 is 1.70 bits per heavy atom. The number of ether oxygens (including phenoxy) is 1. The monoisotopic (exact) mass is 164 g/mol. The molecule has 4 heteroatoms. The molecular weight excluding hydrogens is 156 g/mol. The van der Waals surface area contributed by atoms with Crippen LogP contribution in [0.2, 0.25) is 0 Å². The molecule has 3 nitrogen and oxygen atoms in total. The van der Waals surface area contributed by atoms with Crippen LogP contribution in [0.3, 0.4) is 0 Å². The van der Waals surface area contributed by atoms with Crippen molar-refractivity contribution in [3.8, 4) is 0 Å². The van der Waals surface area contributed by atoms with E-state index in [9.17, 15) is 4.79 Å². The van der Waals surface area contributed by atoms with Crippen LogP contribution in [-0.2, 0) is 9.53 Å². The van der Waals surface area contributed by atoms with Crippen LogP contribution in [0.25, 0.3) is 0 Å². The minimum atomic E-state index is -0.475. The number of halogens is 1. The Morgan fingerprint density at radius 3 is 2.20 bits per heavy atom. The van der Waals surface area contributed by atoms with Gasteiger partial charge in [0.1, 0.15) is 5.88 Å². The van der Waals surface area contributed by atoms with Crippen LogP contribution in [0.15, 0.2) is 25.7 Å². The molecule has 0 aliphatic carbocycles. The van der Waals surface area contributed by atoms with E-state index in [1.807, 2.05) is 0 Å². The van der Waals surface area contributed by atoms with Crippen molar-refractivity contribution < 1.29 is 14.6 Å². The molecule has 0 aromatic carbocycles. The summed E-state index contributed by atoms with van der Waals surface area (Å²) in [5, 5.41) is 7.33. The van der Waals surface area contributed by atoms with Crippen molar-refractivity contribution in [3.05, 3.63) is 25.7 Å². The standard InChI is InChI=1S/C4H5ClO2.C2H4O/c1-2-7-4(6)3-5;1-2-3/h2H,1,3H2;2-3H,1H2. The molecule has 0 heterocycles. The van der Waals surface area contributed by atoms with Gasteiger partial charge in [-0.3, -0.25) is 4.79 Å². The highest BCUT2D eigenvalue weighted by Gasteiger charge is 1.91. The summed E-state index contributed by atoms with van der Waals surface area (Å²) in [4.78, 5) is 9.99. The lowest BCUT2D eigenvalue weighted by Crippen LogP contribution is -1.98. The Balaban J connectivity index is 0. The molecule has 0 rings (SSSR count). The van der Waals surface area contributed by atoms with Gasteiger partial charge in [-0.05, 0) is 0 Å². The molecule has 58 valence electrons. The van der Waals surface area contributed by atoms with Gasteiger partial charge in [-0.2, -0.15) is 0 Å². The molecule has 0 aliphatic rings. The van der Waals surface area contributed by atoms with Gasteiger partial charge in [0.15, 0.2) is 0 Å². The van der Waals surface area contributed by atoms with Crippen LogP contribution in [0.4, 0.5) is 0 Å². The predicted octanol–water partition coefficient (Wildman–Crippen LogP) is 1.60. The van der Waals surface area contributed by atoms with E-state index in [4.69, 9.17) is 16.7 Å². The van der Waals surface area contributed by atoms with E-state index in [1.165, 1.54) is 0 Å². The summed E-state index contributed by atoms with van der Waals surface area (Å²) < 4.78 is 4.18. The lowest BCUT2D eigenvalue weighted by Gasteiger charge is -1.87. The number of carbonyl (C=O) groups is 1. The summed E-state index contributed by atoms with van der Waals surface area (Å²) in [6, 6.07) is 0. The van der Waals surface area contributed by atoms with Gasteiger partial charge in [0, 0.05) is 0 Å². The first-order chi connectivity index (χ1) is 4.72. The highest BCUT2D eigenvalue weighted by molar-refractivity contribution is 6.26. The number of carbonyl (C=O) groups excluding carboxylic acids is 1. The van der Waals surface area contributed by atoms with Crippen LogP contribution in [0, 0.1) is 0 Å². The lowest BCUT2D eigenvalue weighted by atomic mass is 10.8. The Morgan fingerprint density at radius 2 is 2.10 bits per heavy atom. The Hall–Kier alpha value is -0.960. The number of rotatable bonds is 2. The summed E-state index contributed by atoms with van der Waals surface area (Å²) in [6.45, 7) is 6.06. The summed E-state index contributed by atoms with van der Waals surface area (Å²) in [6.07, 6.45) is 1.80. The third-order valence-electron chi connectivity index (χ3n) is 0.324.